The molecule has 3 amide bonds. The predicted molar refractivity (Wildman–Crippen MR) is 89.0 cm³/mol. The number of ether oxygens (including phenoxy) is 2. The van der Waals surface area contributed by atoms with E-state index in [4.69, 9.17) is 15.2 Å². The third-order valence-corrected chi connectivity index (χ3v) is 4.40. The average Bonchev–Trinajstić information content (AvgIpc) is 3.03. The molecule has 2 aliphatic rings. The Bertz CT molecular complexity index is 655. The number of nitrogens with zero attached hydrogens (tertiary/aromatic N) is 2. The minimum absolute atomic E-state index is 0.0360. The summed E-state index contributed by atoms with van der Waals surface area (Å²) in [6.45, 7) is 2.53. The molecule has 2 fully saturated rings. The van der Waals surface area contributed by atoms with Gasteiger partial charge in [-0.15, -0.1) is 0 Å². The van der Waals surface area contributed by atoms with Crippen molar-refractivity contribution in [2.24, 2.45) is 11.7 Å². The maximum atomic E-state index is 12.0. The number of primary amides is 1. The first-order valence-corrected chi connectivity index (χ1v) is 8.22. The van der Waals surface area contributed by atoms with Crippen LogP contribution >= 0.6 is 0 Å². The van der Waals surface area contributed by atoms with Crippen molar-refractivity contribution in [1.29, 1.82) is 0 Å². The summed E-state index contributed by atoms with van der Waals surface area (Å²) in [5.74, 6) is -0.568. The van der Waals surface area contributed by atoms with E-state index in [1.807, 2.05) is 0 Å². The summed E-state index contributed by atoms with van der Waals surface area (Å²) in [6.07, 6.45) is 0.141. The predicted octanol–water partition coefficient (Wildman–Crippen LogP) is -0.238. The number of hydrogen-bond acceptors (Lipinski definition) is 5. The topological polar surface area (TPSA) is 102 Å². The monoisotopic (exact) mass is 347 g/mol. The molecule has 0 saturated carbocycles. The van der Waals surface area contributed by atoms with Crippen molar-refractivity contribution < 1.29 is 23.9 Å². The fourth-order valence-corrected chi connectivity index (χ4v) is 2.92. The lowest BCUT2D eigenvalue weighted by Crippen LogP contribution is -2.42. The largest absolute Gasteiger partial charge is 0.484 e. The van der Waals surface area contributed by atoms with E-state index in [1.54, 1.807) is 29.2 Å². The van der Waals surface area contributed by atoms with Gasteiger partial charge in [0.1, 0.15) is 5.75 Å². The zero-order chi connectivity index (χ0) is 17.8. The number of anilines is 1. The molecule has 3 rings (SSSR count). The molecule has 1 aromatic rings. The van der Waals surface area contributed by atoms with E-state index in [0.29, 0.717) is 44.3 Å². The normalized spacial score (nSPS) is 20.6. The summed E-state index contributed by atoms with van der Waals surface area (Å²) in [5.41, 5.74) is 5.95. The van der Waals surface area contributed by atoms with Gasteiger partial charge in [0.25, 0.3) is 5.91 Å². The molecule has 1 aromatic carbocycles. The number of rotatable bonds is 5. The number of amides is 3. The van der Waals surface area contributed by atoms with Gasteiger partial charge in [0.05, 0.1) is 19.1 Å². The highest BCUT2D eigenvalue weighted by molar-refractivity contribution is 6.00. The SMILES string of the molecule is NC(=O)[C@@H]1CC(=O)N(c2ccc(OCC(=O)N3CCOCC3)cc2)C1. The van der Waals surface area contributed by atoms with Crippen molar-refractivity contribution in [2.75, 3.05) is 44.4 Å². The van der Waals surface area contributed by atoms with Crippen LogP contribution in [0.5, 0.6) is 5.75 Å². The zero-order valence-corrected chi connectivity index (χ0v) is 13.8. The minimum atomic E-state index is -0.461. The molecule has 1 atom stereocenters. The van der Waals surface area contributed by atoms with Crippen LogP contribution < -0.4 is 15.4 Å². The summed E-state index contributed by atoms with van der Waals surface area (Å²) in [5, 5.41) is 0. The molecule has 8 nitrogen and oxygen atoms in total. The van der Waals surface area contributed by atoms with E-state index in [0.717, 1.165) is 0 Å². The zero-order valence-electron chi connectivity index (χ0n) is 13.8. The highest BCUT2D eigenvalue weighted by atomic mass is 16.5. The Morgan fingerprint density at radius 2 is 1.88 bits per heavy atom. The lowest BCUT2D eigenvalue weighted by molar-refractivity contribution is -0.137. The molecular formula is C17H21N3O5. The van der Waals surface area contributed by atoms with Crippen molar-refractivity contribution in [3.63, 3.8) is 0 Å². The van der Waals surface area contributed by atoms with Gasteiger partial charge in [-0.05, 0) is 24.3 Å². The molecule has 0 spiro atoms. The van der Waals surface area contributed by atoms with E-state index in [2.05, 4.69) is 0 Å². The second-order valence-corrected chi connectivity index (χ2v) is 6.08. The van der Waals surface area contributed by atoms with Gasteiger partial charge in [-0.1, -0.05) is 0 Å². The molecule has 2 heterocycles. The maximum Gasteiger partial charge on any atom is 0.260 e. The highest BCUT2D eigenvalue weighted by Crippen LogP contribution is 2.26. The van der Waals surface area contributed by atoms with Crippen molar-refractivity contribution in [2.45, 2.75) is 6.42 Å². The van der Waals surface area contributed by atoms with Crippen LogP contribution in [0.25, 0.3) is 0 Å². The summed E-state index contributed by atoms with van der Waals surface area (Å²) in [7, 11) is 0. The second-order valence-electron chi connectivity index (χ2n) is 6.08. The van der Waals surface area contributed by atoms with Gasteiger partial charge in [-0.2, -0.15) is 0 Å². The van der Waals surface area contributed by atoms with Crippen LogP contribution in [-0.2, 0) is 19.1 Å². The van der Waals surface area contributed by atoms with E-state index >= 15 is 0 Å². The molecule has 0 aliphatic carbocycles. The number of morpholine rings is 1. The Morgan fingerprint density at radius 3 is 2.48 bits per heavy atom. The number of benzene rings is 1. The minimum Gasteiger partial charge on any atom is -0.484 e. The van der Waals surface area contributed by atoms with Crippen LogP contribution in [0.15, 0.2) is 24.3 Å². The first-order valence-electron chi connectivity index (χ1n) is 8.22. The molecule has 134 valence electrons. The van der Waals surface area contributed by atoms with Crippen LogP contribution in [0.2, 0.25) is 0 Å². The fraction of sp³-hybridized carbons (Fsp3) is 0.471. The molecule has 2 saturated heterocycles. The Kier molecular flexibility index (Phi) is 5.18. The summed E-state index contributed by atoms with van der Waals surface area (Å²) in [6, 6.07) is 6.87. The third-order valence-electron chi connectivity index (χ3n) is 4.40. The van der Waals surface area contributed by atoms with Crippen LogP contribution in [0, 0.1) is 5.92 Å². The lowest BCUT2D eigenvalue weighted by Gasteiger charge is -2.26. The van der Waals surface area contributed by atoms with Gasteiger partial charge in [0, 0.05) is 31.7 Å². The maximum absolute atomic E-state index is 12.0. The highest BCUT2D eigenvalue weighted by Gasteiger charge is 2.33. The molecule has 0 bridgehead atoms. The Morgan fingerprint density at radius 1 is 1.20 bits per heavy atom. The Hall–Kier alpha value is -2.61. The third kappa shape index (κ3) is 4.08. The smallest absolute Gasteiger partial charge is 0.260 e. The van der Waals surface area contributed by atoms with Gasteiger partial charge in [-0.25, -0.2) is 0 Å². The number of hydrogen-bond donors (Lipinski definition) is 1. The molecule has 2 N–H and O–H groups in total. The van der Waals surface area contributed by atoms with Crippen LogP contribution in [0.4, 0.5) is 5.69 Å². The van der Waals surface area contributed by atoms with Crippen molar-refractivity contribution in [3.8, 4) is 5.75 Å². The molecule has 8 heteroatoms. The second kappa shape index (κ2) is 7.52. The Labute approximate surface area is 145 Å². The van der Waals surface area contributed by atoms with Crippen molar-refractivity contribution in [1.82, 2.24) is 4.90 Å². The van der Waals surface area contributed by atoms with Gasteiger partial charge in [0.2, 0.25) is 11.8 Å². The molecule has 0 unspecified atom stereocenters. The standard InChI is InChI=1S/C17H21N3O5/c18-17(23)12-9-15(21)20(10-12)13-1-3-14(4-2-13)25-11-16(22)19-5-7-24-8-6-19/h1-4,12H,5-11H2,(H2,18,23)/t12-/m1/s1. The molecule has 0 aromatic heterocycles. The average molecular weight is 347 g/mol. The van der Waals surface area contributed by atoms with E-state index in [-0.39, 0.29) is 24.8 Å². The van der Waals surface area contributed by atoms with Crippen LogP contribution in [0.1, 0.15) is 6.42 Å². The first-order chi connectivity index (χ1) is 12.0. The van der Waals surface area contributed by atoms with Gasteiger partial charge in [-0.3, -0.25) is 14.4 Å². The number of carbonyl (C=O) groups is 3. The van der Waals surface area contributed by atoms with E-state index in [9.17, 15) is 14.4 Å². The van der Waals surface area contributed by atoms with E-state index < -0.39 is 11.8 Å². The summed E-state index contributed by atoms with van der Waals surface area (Å²) >= 11 is 0. The molecule has 2 aliphatic heterocycles. The molecular weight excluding hydrogens is 326 g/mol. The lowest BCUT2D eigenvalue weighted by atomic mass is 10.1. The fourth-order valence-electron chi connectivity index (χ4n) is 2.92. The number of nitrogens with two attached hydrogens (primary N) is 1. The number of carbonyl (C=O) groups excluding carboxylic acids is 3. The summed E-state index contributed by atoms with van der Waals surface area (Å²) in [4.78, 5) is 38.5. The van der Waals surface area contributed by atoms with E-state index in [1.165, 1.54) is 4.90 Å². The van der Waals surface area contributed by atoms with Crippen LogP contribution in [0.3, 0.4) is 0 Å². The first kappa shape index (κ1) is 17.2. The van der Waals surface area contributed by atoms with Crippen LogP contribution in [-0.4, -0.2) is 62.1 Å². The van der Waals surface area contributed by atoms with Gasteiger partial charge >= 0.3 is 0 Å². The Balaban J connectivity index is 1.54. The molecule has 0 radical (unpaired) electrons. The van der Waals surface area contributed by atoms with Gasteiger partial charge < -0.3 is 25.0 Å². The van der Waals surface area contributed by atoms with Crippen molar-refractivity contribution >= 4 is 23.4 Å². The molecule has 25 heavy (non-hydrogen) atoms. The summed E-state index contributed by atoms with van der Waals surface area (Å²) < 4.78 is 10.7. The van der Waals surface area contributed by atoms with Gasteiger partial charge in [0.15, 0.2) is 6.61 Å². The van der Waals surface area contributed by atoms with Crippen molar-refractivity contribution in [3.05, 3.63) is 24.3 Å². The quantitative estimate of drug-likeness (QED) is 0.792.